The minimum atomic E-state index is -3.63. The molecule has 0 radical (unpaired) electrons. The van der Waals surface area contributed by atoms with Gasteiger partial charge in [0.25, 0.3) is 0 Å². The van der Waals surface area contributed by atoms with Gasteiger partial charge in [-0.3, -0.25) is 4.57 Å². The Morgan fingerprint density at radius 3 is 2.52 bits per heavy atom. The van der Waals surface area contributed by atoms with Gasteiger partial charge in [0.1, 0.15) is 29.5 Å². The van der Waals surface area contributed by atoms with Crippen LogP contribution in [0.15, 0.2) is 41.8 Å². The molecule has 2 aromatic heterocycles. The number of aromatic nitrogens is 4. The first-order valence-corrected chi connectivity index (χ1v) is 10.5. The summed E-state index contributed by atoms with van der Waals surface area (Å²) in [5, 5.41) is 3.10. The lowest BCUT2D eigenvalue weighted by molar-refractivity contribution is 0.411. The first-order chi connectivity index (χ1) is 13.8. The number of ether oxygens (including phenoxy) is 1. The van der Waals surface area contributed by atoms with Crippen molar-refractivity contribution < 1.29 is 13.2 Å². The maximum atomic E-state index is 12.6. The summed E-state index contributed by atoms with van der Waals surface area (Å²) in [6.07, 6.45) is 4.96. The third-order valence-corrected chi connectivity index (χ3v) is 6.03. The third kappa shape index (κ3) is 4.72. The Bertz CT molecular complexity index is 1110. The number of benzene rings is 1. The molecule has 2 heterocycles. The number of hydrogen-bond donors (Lipinski definition) is 2. The monoisotopic (exact) mass is 416 g/mol. The van der Waals surface area contributed by atoms with Crippen LogP contribution < -0.4 is 14.8 Å². The van der Waals surface area contributed by atoms with Gasteiger partial charge in [0.2, 0.25) is 10.0 Å². The number of nitrogens with one attached hydrogen (secondary N) is 2. The van der Waals surface area contributed by atoms with Crippen molar-refractivity contribution in [3.05, 3.63) is 53.9 Å². The van der Waals surface area contributed by atoms with E-state index in [-0.39, 0.29) is 11.4 Å². The Hall–Kier alpha value is -2.98. The molecule has 0 amide bonds. The van der Waals surface area contributed by atoms with Crippen LogP contribution in [0.5, 0.6) is 5.75 Å². The molecule has 0 aliphatic carbocycles. The zero-order chi connectivity index (χ0) is 21.0. The van der Waals surface area contributed by atoms with Crippen LogP contribution in [0.4, 0.5) is 5.82 Å². The lowest BCUT2D eigenvalue weighted by Crippen LogP contribution is -2.29. The normalized spacial score (nSPS) is 11.4. The predicted octanol–water partition coefficient (Wildman–Crippen LogP) is 1.99. The summed E-state index contributed by atoms with van der Waals surface area (Å²) in [7, 11) is -2.07. The molecule has 2 N–H and O–H groups in total. The molecule has 3 aromatic rings. The highest BCUT2D eigenvalue weighted by Crippen LogP contribution is 2.25. The van der Waals surface area contributed by atoms with E-state index in [1.807, 2.05) is 24.6 Å². The standard InChI is InChI=1S/C19H24N6O3S/c1-13-10-17(14(2)9-16(13)28-4)29(26,27)24-6-5-21-18-11-19(23-12-22-18)25-8-7-20-15(25)3/h7-12,24H,5-6H2,1-4H3,(H,21,22,23). The van der Waals surface area contributed by atoms with E-state index in [1.54, 1.807) is 38.4 Å². The fourth-order valence-corrected chi connectivity index (χ4v) is 4.26. The molecule has 0 atom stereocenters. The summed E-state index contributed by atoms with van der Waals surface area (Å²) in [5.41, 5.74) is 1.39. The fourth-order valence-electron chi connectivity index (χ4n) is 2.92. The van der Waals surface area contributed by atoms with Gasteiger partial charge in [-0.15, -0.1) is 0 Å². The van der Waals surface area contributed by atoms with E-state index in [1.165, 1.54) is 6.33 Å². The van der Waals surface area contributed by atoms with Crippen LogP contribution in [0.2, 0.25) is 0 Å². The number of hydrogen-bond acceptors (Lipinski definition) is 7. The van der Waals surface area contributed by atoms with Crippen LogP contribution in [-0.4, -0.2) is 48.1 Å². The van der Waals surface area contributed by atoms with Crippen LogP contribution in [-0.2, 0) is 10.0 Å². The number of methoxy groups -OCH3 is 1. The fraction of sp³-hybridized carbons (Fsp3) is 0.316. The Morgan fingerprint density at radius 2 is 1.83 bits per heavy atom. The number of rotatable bonds is 8. The van der Waals surface area contributed by atoms with Gasteiger partial charge in [0, 0.05) is 31.5 Å². The zero-order valence-electron chi connectivity index (χ0n) is 16.8. The number of nitrogens with zero attached hydrogens (tertiary/aromatic N) is 4. The topological polar surface area (TPSA) is 111 Å². The van der Waals surface area contributed by atoms with E-state index in [0.717, 1.165) is 11.4 Å². The molecule has 10 heteroatoms. The highest BCUT2D eigenvalue weighted by molar-refractivity contribution is 7.89. The minimum Gasteiger partial charge on any atom is -0.496 e. The molecule has 3 rings (SSSR count). The molecular weight excluding hydrogens is 392 g/mol. The second-order valence-corrected chi connectivity index (χ2v) is 8.25. The van der Waals surface area contributed by atoms with E-state index in [4.69, 9.17) is 4.74 Å². The molecule has 1 aromatic carbocycles. The molecular formula is C19H24N6O3S. The number of anilines is 1. The van der Waals surface area contributed by atoms with Gasteiger partial charge in [0.15, 0.2) is 0 Å². The van der Waals surface area contributed by atoms with Crippen molar-refractivity contribution in [1.82, 2.24) is 24.2 Å². The Labute approximate surface area is 170 Å². The second kappa shape index (κ2) is 8.58. The highest BCUT2D eigenvalue weighted by Gasteiger charge is 2.18. The number of imidazole rings is 1. The first-order valence-electron chi connectivity index (χ1n) is 9.03. The van der Waals surface area contributed by atoms with Crippen molar-refractivity contribution in [3.8, 4) is 11.6 Å². The van der Waals surface area contributed by atoms with E-state index in [9.17, 15) is 8.42 Å². The summed E-state index contributed by atoms with van der Waals surface area (Å²) >= 11 is 0. The van der Waals surface area contributed by atoms with Crippen LogP contribution in [0, 0.1) is 20.8 Å². The van der Waals surface area contributed by atoms with Crippen molar-refractivity contribution >= 4 is 15.8 Å². The average molecular weight is 417 g/mol. The summed E-state index contributed by atoms with van der Waals surface area (Å²) in [4.78, 5) is 12.8. The van der Waals surface area contributed by atoms with Gasteiger partial charge in [0.05, 0.1) is 12.0 Å². The molecule has 0 bridgehead atoms. The van der Waals surface area contributed by atoms with E-state index in [2.05, 4.69) is 25.0 Å². The molecule has 154 valence electrons. The van der Waals surface area contributed by atoms with E-state index >= 15 is 0 Å². The predicted molar refractivity (Wildman–Crippen MR) is 110 cm³/mol. The molecule has 9 nitrogen and oxygen atoms in total. The van der Waals surface area contributed by atoms with Crippen LogP contribution in [0.1, 0.15) is 17.0 Å². The summed E-state index contributed by atoms with van der Waals surface area (Å²) in [6, 6.07) is 5.12. The lowest BCUT2D eigenvalue weighted by atomic mass is 10.1. The molecule has 29 heavy (non-hydrogen) atoms. The molecule has 0 aliphatic heterocycles. The number of sulfonamides is 1. The molecule has 0 spiro atoms. The zero-order valence-corrected chi connectivity index (χ0v) is 17.6. The maximum Gasteiger partial charge on any atom is 0.240 e. The second-order valence-electron chi connectivity index (χ2n) is 6.52. The van der Waals surface area contributed by atoms with Crippen molar-refractivity contribution in [2.75, 3.05) is 25.5 Å². The quantitative estimate of drug-likeness (QED) is 0.540. The minimum absolute atomic E-state index is 0.205. The van der Waals surface area contributed by atoms with Gasteiger partial charge in [-0.1, -0.05) is 0 Å². The largest absolute Gasteiger partial charge is 0.496 e. The van der Waals surface area contributed by atoms with Gasteiger partial charge in [-0.05, 0) is 44.0 Å². The Balaban J connectivity index is 1.62. The van der Waals surface area contributed by atoms with Gasteiger partial charge in [-0.2, -0.15) is 0 Å². The third-order valence-electron chi connectivity index (χ3n) is 4.43. The Morgan fingerprint density at radius 1 is 1.03 bits per heavy atom. The van der Waals surface area contributed by atoms with Crippen molar-refractivity contribution in [3.63, 3.8) is 0 Å². The molecule has 0 aliphatic rings. The highest BCUT2D eigenvalue weighted by atomic mass is 32.2. The maximum absolute atomic E-state index is 12.6. The number of aryl methyl sites for hydroxylation is 3. The van der Waals surface area contributed by atoms with Crippen molar-refractivity contribution in [1.29, 1.82) is 0 Å². The van der Waals surface area contributed by atoms with Crippen LogP contribution in [0.25, 0.3) is 5.82 Å². The van der Waals surface area contributed by atoms with Gasteiger partial charge < -0.3 is 10.1 Å². The van der Waals surface area contributed by atoms with Crippen molar-refractivity contribution in [2.24, 2.45) is 0 Å². The molecule has 0 fully saturated rings. The van der Waals surface area contributed by atoms with Crippen molar-refractivity contribution in [2.45, 2.75) is 25.7 Å². The van der Waals surface area contributed by atoms with E-state index in [0.29, 0.717) is 29.5 Å². The SMILES string of the molecule is COc1cc(C)c(S(=O)(=O)NCCNc2cc(-n3ccnc3C)ncn2)cc1C. The van der Waals surface area contributed by atoms with Crippen LogP contribution >= 0.6 is 0 Å². The van der Waals surface area contributed by atoms with Gasteiger partial charge >= 0.3 is 0 Å². The average Bonchev–Trinajstić information content (AvgIpc) is 3.13. The summed E-state index contributed by atoms with van der Waals surface area (Å²) in [6.45, 7) is 6.01. The Kier molecular flexibility index (Phi) is 6.14. The lowest BCUT2D eigenvalue weighted by Gasteiger charge is -2.13. The molecule has 0 saturated carbocycles. The molecule has 0 unspecified atom stereocenters. The molecule has 0 saturated heterocycles. The summed E-state index contributed by atoms with van der Waals surface area (Å²) < 4.78 is 35.0. The first kappa shape index (κ1) is 20.7. The summed E-state index contributed by atoms with van der Waals surface area (Å²) in [5.74, 6) is 2.75. The van der Waals surface area contributed by atoms with Gasteiger partial charge in [-0.25, -0.2) is 28.1 Å². The van der Waals surface area contributed by atoms with Crippen LogP contribution in [0.3, 0.4) is 0 Å². The smallest absolute Gasteiger partial charge is 0.240 e. The van der Waals surface area contributed by atoms with E-state index < -0.39 is 10.0 Å².